The maximum Gasteiger partial charge on any atom is 0.162 e. The fraction of sp³-hybridized carbons (Fsp3) is 0.417. The van der Waals surface area contributed by atoms with E-state index in [9.17, 15) is 8.78 Å². The average molecular weight is 258 g/mol. The van der Waals surface area contributed by atoms with Gasteiger partial charge in [0.1, 0.15) is 24.3 Å². The van der Waals surface area contributed by atoms with Gasteiger partial charge in [-0.05, 0) is 25.5 Å². The van der Waals surface area contributed by atoms with Crippen LogP contribution in [0.15, 0.2) is 12.1 Å². The van der Waals surface area contributed by atoms with Crippen LogP contribution in [0.5, 0.6) is 5.75 Å². The molecule has 1 unspecified atom stereocenters. The molecule has 100 valence electrons. The average Bonchev–Trinajstić information content (AvgIpc) is 2.30. The van der Waals surface area contributed by atoms with Crippen molar-refractivity contribution in [2.45, 2.75) is 20.0 Å². The quantitative estimate of drug-likeness (QED) is 0.466. The third-order valence-electron chi connectivity index (χ3n) is 2.36. The molecule has 1 atom stereocenters. The first-order chi connectivity index (χ1) is 8.41. The van der Waals surface area contributed by atoms with Gasteiger partial charge in [0.25, 0.3) is 0 Å². The molecule has 0 radical (unpaired) electrons. The van der Waals surface area contributed by atoms with Gasteiger partial charge < -0.3 is 15.2 Å². The maximum absolute atomic E-state index is 13.0. The lowest BCUT2D eigenvalue weighted by atomic mass is 10.2. The molecule has 0 aromatic heterocycles. The van der Waals surface area contributed by atoms with Crippen molar-refractivity contribution in [2.75, 3.05) is 13.2 Å². The molecule has 0 aliphatic rings. The van der Waals surface area contributed by atoms with E-state index in [0.717, 1.165) is 12.1 Å². The lowest BCUT2D eigenvalue weighted by Gasteiger charge is -2.13. The van der Waals surface area contributed by atoms with Gasteiger partial charge in [0, 0.05) is 6.07 Å². The summed E-state index contributed by atoms with van der Waals surface area (Å²) in [4.78, 5) is 0. The van der Waals surface area contributed by atoms with E-state index < -0.39 is 17.7 Å². The van der Waals surface area contributed by atoms with Crippen molar-refractivity contribution in [3.63, 3.8) is 0 Å². The van der Waals surface area contributed by atoms with Crippen LogP contribution in [0.25, 0.3) is 0 Å². The molecule has 1 aromatic rings. The number of hydrogen-bond donors (Lipinski definition) is 2. The Morgan fingerprint density at radius 3 is 2.56 bits per heavy atom. The topological polar surface area (TPSA) is 68.3 Å². The zero-order valence-electron chi connectivity index (χ0n) is 10.3. The Labute approximate surface area is 104 Å². The standard InChI is InChI=1S/C12H16F2N2O2/c1-7-5-9(13)10(14)6-11(7)18-4-3-17-8(2)12(15)16/h5-6,8H,3-4H2,1-2H3,(H3,15,16). The SMILES string of the molecule is Cc1cc(F)c(F)cc1OCCOC(C)C(=N)N. The number of rotatable bonds is 6. The van der Waals surface area contributed by atoms with Crippen molar-refractivity contribution >= 4 is 5.84 Å². The van der Waals surface area contributed by atoms with Crippen LogP contribution >= 0.6 is 0 Å². The van der Waals surface area contributed by atoms with Crippen molar-refractivity contribution in [3.05, 3.63) is 29.3 Å². The van der Waals surface area contributed by atoms with Gasteiger partial charge >= 0.3 is 0 Å². The molecule has 0 heterocycles. The molecular formula is C12H16F2N2O2. The first-order valence-electron chi connectivity index (χ1n) is 5.45. The number of amidine groups is 1. The normalized spacial score (nSPS) is 12.2. The lowest BCUT2D eigenvalue weighted by molar-refractivity contribution is 0.0790. The second kappa shape index (κ2) is 6.30. The highest BCUT2D eigenvalue weighted by molar-refractivity contribution is 5.81. The van der Waals surface area contributed by atoms with Gasteiger partial charge in [0.15, 0.2) is 11.6 Å². The van der Waals surface area contributed by atoms with Crippen LogP contribution in [0.1, 0.15) is 12.5 Å². The van der Waals surface area contributed by atoms with E-state index in [4.69, 9.17) is 20.6 Å². The molecule has 6 heteroatoms. The molecule has 0 bridgehead atoms. The van der Waals surface area contributed by atoms with E-state index in [2.05, 4.69) is 0 Å². The summed E-state index contributed by atoms with van der Waals surface area (Å²) in [5.74, 6) is -1.65. The number of nitrogens with one attached hydrogen (secondary N) is 1. The van der Waals surface area contributed by atoms with Crippen LogP contribution in [0.3, 0.4) is 0 Å². The number of aryl methyl sites for hydroxylation is 1. The van der Waals surface area contributed by atoms with E-state index in [-0.39, 0.29) is 24.8 Å². The van der Waals surface area contributed by atoms with Gasteiger partial charge in [-0.25, -0.2) is 8.78 Å². The summed E-state index contributed by atoms with van der Waals surface area (Å²) in [6.07, 6.45) is -0.486. The minimum absolute atomic E-state index is 0.0704. The fourth-order valence-corrected chi connectivity index (χ4v) is 1.25. The summed E-state index contributed by atoms with van der Waals surface area (Å²) < 4.78 is 36.3. The highest BCUT2D eigenvalue weighted by Crippen LogP contribution is 2.21. The molecule has 0 saturated carbocycles. The second-order valence-corrected chi connectivity index (χ2v) is 3.85. The predicted octanol–water partition coefficient (Wildman–Crippen LogP) is 1.99. The molecule has 4 nitrogen and oxygen atoms in total. The van der Waals surface area contributed by atoms with Crippen molar-refractivity contribution in [1.82, 2.24) is 0 Å². The third-order valence-corrected chi connectivity index (χ3v) is 2.36. The Balaban J connectivity index is 2.45. The van der Waals surface area contributed by atoms with Crippen molar-refractivity contribution in [1.29, 1.82) is 5.41 Å². The van der Waals surface area contributed by atoms with Gasteiger partial charge in [-0.3, -0.25) is 5.41 Å². The monoisotopic (exact) mass is 258 g/mol. The highest BCUT2D eigenvalue weighted by atomic mass is 19.2. The summed E-state index contributed by atoms with van der Waals surface area (Å²) in [5.41, 5.74) is 5.72. The summed E-state index contributed by atoms with van der Waals surface area (Å²) >= 11 is 0. The molecule has 1 rings (SSSR count). The van der Waals surface area contributed by atoms with Crippen LogP contribution < -0.4 is 10.5 Å². The van der Waals surface area contributed by atoms with E-state index in [1.807, 2.05) is 0 Å². The Bertz CT molecular complexity index is 438. The number of benzene rings is 1. The van der Waals surface area contributed by atoms with E-state index in [1.165, 1.54) is 0 Å². The minimum Gasteiger partial charge on any atom is -0.491 e. The first-order valence-corrected chi connectivity index (χ1v) is 5.45. The van der Waals surface area contributed by atoms with Gasteiger partial charge in [0.05, 0.1) is 6.61 Å². The Morgan fingerprint density at radius 1 is 1.33 bits per heavy atom. The summed E-state index contributed by atoms with van der Waals surface area (Å²) in [7, 11) is 0. The number of hydrogen-bond acceptors (Lipinski definition) is 3. The molecule has 0 fully saturated rings. The molecule has 0 aliphatic carbocycles. The fourth-order valence-electron chi connectivity index (χ4n) is 1.25. The van der Waals surface area contributed by atoms with Gasteiger partial charge in [0.2, 0.25) is 0 Å². The van der Waals surface area contributed by atoms with Crippen LogP contribution in [0.4, 0.5) is 8.78 Å². The van der Waals surface area contributed by atoms with Crippen LogP contribution in [0.2, 0.25) is 0 Å². The Morgan fingerprint density at radius 2 is 1.94 bits per heavy atom. The number of halogens is 2. The molecular weight excluding hydrogens is 242 g/mol. The smallest absolute Gasteiger partial charge is 0.162 e. The first kappa shape index (κ1) is 14.4. The highest BCUT2D eigenvalue weighted by Gasteiger charge is 2.08. The largest absolute Gasteiger partial charge is 0.491 e. The third kappa shape index (κ3) is 3.96. The van der Waals surface area contributed by atoms with E-state index in [1.54, 1.807) is 13.8 Å². The molecule has 18 heavy (non-hydrogen) atoms. The van der Waals surface area contributed by atoms with Crippen molar-refractivity contribution in [2.24, 2.45) is 5.73 Å². The molecule has 3 N–H and O–H groups in total. The molecule has 1 aromatic carbocycles. The van der Waals surface area contributed by atoms with E-state index in [0.29, 0.717) is 5.56 Å². The van der Waals surface area contributed by atoms with Gasteiger partial charge in [-0.2, -0.15) is 0 Å². The molecule has 0 aliphatic heterocycles. The zero-order chi connectivity index (χ0) is 13.7. The second-order valence-electron chi connectivity index (χ2n) is 3.85. The van der Waals surface area contributed by atoms with Crippen LogP contribution in [-0.4, -0.2) is 25.2 Å². The van der Waals surface area contributed by atoms with Crippen LogP contribution in [-0.2, 0) is 4.74 Å². The maximum atomic E-state index is 13.0. The molecule has 0 amide bonds. The van der Waals surface area contributed by atoms with Crippen molar-refractivity contribution in [3.8, 4) is 5.75 Å². The van der Waals surface area contributed by atoms with E-state index >= 15 is 0 Å². The Hall–Kier alpha value is -1.69. The molecule has 0 spiro atoms. The minimum atomic E-state index is -0.950. The number of ether oxygens (including phenoxy) is 2. The Kier molecular flexibility index (Phi) is 5.03. The number of nitrogens with two attached hydrogens (primary N) is 1. The van der Waals surface area contributed by atoms with Gasteiger partial charge in [-0.1, -0.05) is 0 Å². The summed E-state index contributed by atoms with van der Waals surface area (Å²) in [5, 5.41) is 7.11. The van der Waals surface area contributed by atoms with Crippen LogP contribution in [0, 0.1) is 24.0 Å². The lowest BCUT2D eigenvalue weighted by Crippen LogP contribution is -2.29. The molecule has 0 saturated heterocycles. The zero-order valence-corrected chi connectivity index (χ0v) is 10.3. The predicted molar refractivity (Wildman–Crippen MR) is 63.9 cm³/mol. The van der Waals surface area contributed by atoms with Gasteiger partial charge in [-0.15, -0.1) is 0 Å². The summed E-state index contributed by atoms with van der Waals surface area (Å²) in [6, 6.07) is 2.07. The van der Waals surface area contributed by atoms with Crippen molar-refractivity contribution < 1.29 is 18.3 Å². The summed E-state index contributed by atoms with van der Waals surface area (Å²) in [6.45, 7) is 3.64.